The molecule has 2 aromatic carbocycles. The summed E-state index contributed by atoms with van der Waals surface area (Å²) in [5.74, 6) is -1.10. The molecule has 3 atom stereocenters. The third-order valence-corrected chi connectivity index (χ3v) is 6.36. The van der Waals surface area contributed by atoms with Crippen molar-refractivity contribution < 1.29 is 18.8 Å². The number of carbonyl (C=O) groups is 3. The molecule has 188 valence electrons. The van der Waals surface area contributed by atoms with E-state index in [4.69, 9.17) is 10.2 Å². The average Bonchev–Trinajstić information content (AvgIpc) is 3.33. The van der Waals surface area contributed by atoms with E-state index < -0.39 is 35.6 Å². The van der Waals surface area contributed by atoms with Crippen LogP contribution in [0.3, 0.4) is 0 Å². The van der Waals surface area contributed by atoms with Crippen molar-refractivity contribution in [1.29, 1.82) is 0 Å². The van der Waals surface area contributed by atoms with Crippen LogP contribution < -0.4 is 22.0 Å². The largest absolute Gasteiger partial charge is 0.423 e. The number of fused-ring (bicyclic) bond motifs is 1. The number of anilines is 1. The molecule has 1 aliphatic heterocycles. The molecule has 0 radical (unpaired) electrons. The zero-order valence-corrected chi connectivity index (χ0v) is 20.3. The highest BCUT2D eigenvalue weighted by molar-refractivity contribution is 6.00. The van der Waals surface area contributed by atoms with Crippen molar-refractivity contribution in [1.82, 2.24) is 10.2 Å². The predicted molar refractivity (Wildman–Crippen MR) is 136 cm³/mol. The van der Waals surface area contributed by atoms with Crippen LogP contribution in [0.25, 0.3) is 11.0 Å². The number of carbonyl (C=O) groups excluding carboxylic acids is 3. The van der Waals surface area contributed by atoms with Gasteiger partial charge in [0.05, 0.1) is 6.04 Å². The van der Waals surface area contributed by atoms with Crippen molar-refractivity contribution in [2.45, 2.75) is 51.2 Å². The van der Waals surface area contributed by atoms with Crippen LogP contribution in [0, 0.1) is 6.92 Å². The summed E-state index contributed by atoms with van der Waals surface area (Å²) in [5, 5.41) is 6.44. The van der Waals surface area contributed by atoms with E-state index in [9.17, 15) is 19.2 Å². The molecule has 0 bridgehead atoms. The van der Waals surface area contributed by atoms with E-state index in [1.165, 1.54) is 11.0 Å². The zero-order valence-electron chi connectivity index (χ0n) is 20.3. The molecule has 0 spiro atoms. The van der Waals surface area contributed by atoms with Crippen molar-refractivity contribution >= 4 is 34.4 Å². The van der Waals surface area contributed by atoms with Crippen molar-refractivity contribution in [3.05, 3.63) is 76.1 Å². The first-order valence-corrected chi connectivity index (χ1v) is 12.0. The number of nitrogens with zero attached hydrogens (tertiary/aromatic N) is 1. The van der Waals surface area contributed by atoms with E-state index in [1.54, 1.807) is 25.1 Å². The molecule has 3 aromatic rings. The topological polar surface area (TPSA) is 135 Å². The lowest BCUT2D eigenvalue weighted by atomic mass is 10.0. The molecule has 4 N–H and O–H groups in total. The summed E-state index contributed by atoms with van der Waals surface area (Å²) in [4.78, 5) is 52.3. The second-order valence-electron chi connectivity index (χ2n) is 9.18. The highest BCUT2D eigenvalue weighted by Gasteiger charge is 2.36. The van der Waals surface area contributed by atoms with Crippen molar-refractivity contribution in [2.75, 3.05) is 11.9 Å². The Labute approximate surface area is 208 Å². The minimum atomic E-state index is -0.895. The highest BCUT2D eigenvalue weighted by atomic mass is 16.4. The molecular formula is C27H30N4O5. The maximum atomic E-state index is 13.3. The van der Waals surface area contributed by atoms with Crippen LogP contribution in [0.1, 0.15) is 30.9 Å². The molecule has 0 aliphatic carbocycles. The molecule has 3 amide bonds. The Balaban J connectivity index is 1.55. The van der Waals surface area contributed by atoms with Gasteiger partial charge in [-0.05, 0) is 49.9 Å². The van der Waals surface area contributed by atoms with E-state index in [1.807, 2.05) is 37.3 Å². The van der Waals surface area contributed by atoms with Crippen molar-refractivity contribution in [3.8, 4) is 0 Å². The Morgan fingerprint density at radius 1 is 1.14 bits per heavy atom. The lowest BCUT2D eigenvalue weighted by Gasteiger charge is -2.27. The van der Waals surface area contributed by atoms with Gasteiger partial charge in [0.15, 0.2) is 0 Å². The van der Waals surface area contributed by atoms with Gasteiger partial charge in [-0.3, -0.25) is 14.4 Å². The smallest absolute Gasteiger partial charge is 0.336 e. The van der Waals surface area contributed by atoms with Crippen LogP contribution in [0.2, 0.25) is 0 Å². The van der Waals surface area contributed by atoms with E-state index in [0.717, 1.165) is 16.5 Å². The molecule has 9 nitrogen and oxygen atoms in total. The molecule has 1 aliphatic rings. The number of nitrogens with one attached hydrogen (secondary N) is 2. The predicted octanol–water partition coefficient (Wildman–Crippen LogP) is 2.11. The fourth-order valence-electron chi connectivity index (χ4n) is 4.52. The number of nitrogens with two attached hydrogens (primary N) is 1. The molecule has 36 heavy (non-hydrogen) atoms. The first-order valence-electron chi connectivity index (χ1n) is 12.0. The Bertz CT molecular complexity index is 1330. The Kier molecular flexibility index (Phi) is 7.49. The first kappa shape index (κ1) is 25.1. The molecule has 0 saturated carbocycles. The summed E-state index contributed by atoms with van der Waals surface area (Å²) in [7, 11) is 0. The van der Waals surface area contributed by atoms with E-state index in [-0.39, 0.29) is 12.3 Å². The normalized spacial score (nSPS) is 17.0. The van der Waals surface area contributed by atoms with Gasteiger partial charge in [-0.15, -0.1) is 0 Å². The van der Waals surface area contributed by atoms with E-state index in [2.05, 4.69) is 10.6 Å². The number of rotatable bonds is 7. The minimum absolute atomic E-state index is 0.258. The fraction of sp³-hybridized carbons (Fsp3) is 0.333. The third-order valence-electron chi connectivity index (χ3n) is 6.36. The lowest BCUT2D eigenvalue weighted by molar-refractivity contribution is -0.139. The van der Waals surface area contributed by atoms with Gasteiger partial charge in [-0.2, -0.15) is 0 Å². The summed E-state index contributed by atoms with van der Waals surface area (Å²) in [6.45, 7) is 3.86. The zero-order chi connectivity index (χ0) is 25.8. The first-order chi connectivity index (χ1) is 17.2. The van der Waals surface area contributed by atoms with E-state index >= 15 is 0 Å². The van der Waals surface area contributed by atoms with Crippen molar-refractivity contribution in [3.63, 3.8) is 0 Å². The van der Waals surface area contributed by atoms with Gasteiger partial charge in [0.25, 0.3) is 0 Å². The highest BCUT2D eigenvalue weighted by Crippen LogP contribution is 2.22. The second-order valence-corrected chi connectivity index (χ2v) is 9.18. The molecule has 1 aromatic heterocycles. The van der Waals surface area contributed by atoms with Crippen LogP contribution in [-0.2, 0) is 20.8 Å². The van der Waals surface area contributed by atoms with Crippen molar-refractivity contribution in [2.24, 2.45) is 5.73 Å². The lowest BCUT2D eigenvalue weighted by Crippen LogP contribution is -2.54. The molecule has 1 saturated heterocycles. The maximum absolute atomic E-state index is 13.3. The SMILES string of the molecule is Cc1cc(=O)oc2cc(NC(=O)[C@H](Cc3ccccc3)NC(=O)[C@@H]3CCCN3C(=O)[C@H](C)N)ccc12. The van der Waals surface area contributed by atoms with Gasteiger partial charge in [-0.25, -0.2) is 4.79 Å². The molecule has 4 rings (SSSR count). The monoisotopic (exact) mass is 490 g/mol. The van der Waals surface area contributed by atoms with Crippen LogP contribution in [0.5, 0.6) is 0 Å². The number of amides is 3. The van der Waals surface area contributed by atoms with Gasteiger partial charge in [-0.1, -0.05) is 30.3 Å². The number of benzene rings is 2. The molecular weight excluding hydrogens is 460 g/mol. The van der Waals surface area contributed by atoms with Crippen LogP contribution in [0.4, 0.5) is 5.69 Å². The molecule has 1 fully saturated rings. The number of hydrogen-bond acceptors (Lipinski definition) is 6. The summed E-state index contributed by atoms with van der Waals surface area (Å²) in [6.07, 6.45) is 1.45. The molecule has 0 unspecified atom stereocenters. The summed E-state index contributed by atoms with van der Waals surface area (Å²) < 4.78 is 5.28. The second kappa shape index (κ2) is 10.7. The van der Waals surface area contributed by atoms with E-state index in [0.29, 0.717) is 30.7 Å². The maximum Gasteiger partial charge on any atom is 0.336 e. The van der Waals surface area contributed by atoms with Gasteiger partial charge >= 0.3 is 5.63 Å². The Hall–Kier alpha value is -3.98. The standard InChI is InChI=1S/C27H30N4O5/c1-16-13-24(32)36-23-15-19(10-11-20(16)23)29-25(33)21(14-18-7-4-3-5-8-18)30-26(34)22-9-6-12-31(22)27(35)17(2)28/h3-5,7-8,10-11,13,15,17,21-22H,6,9,12,14,28H2,1-2H3,(H,29,33)(H,30,34)/t17-,21-,22-/m0/s1. The third kappa shape index (κ3) is 5.63. The summed E-state index contributed by atoms with van der Waals surface area (Å²) in [5.41, 5.74) is 7.72. The summed E-state index contributed by atoms with van der Waals surface area (Å²) in [6, 6.07) is 13.6. The molecule has 2 heterocycles. The van der Waals surface area contributed by atoms with Crippen LogP contribution >= 0.6 is 0 Å². The Morgan fingerprint density at radius 3 is 2.61 bits per heavy atom. The summed E-state index contributed by atoms with van der Waals surface area (Å²) >= 11 is 0. The average molecular weight is 491 g/mol. The number of aryl methyl sites for hydroxylation is 1. The van der Waals surface area contributed by atoms with Gasteiger partial charge in [0, 0.05) is 36.2 Å². The van der Waals surface area contributed by atoms with Crippen LogP contribution in [0.15, 0.2) is 63.8 Å². The van der Waals surface area contributed by atoms with Crippen LogP contribution in [-0.4, -0.2) is 47.3 Å². The fourth-order valence-corrected chi connectivity index (χ4v) is 4.52. The van der Waals surface area contributed by atoms with Gasteiger partial charge in [0.2, 0.25) is 17.7 Å². The quantitative estimate of drug-likeness (QED) is 0.434. The Morgan fingerprint density at radius 2 is 1.89 bits per heavy atom. The van der Waals surface area contributed by atoms with Gasteiger partial charge in [0.1, 0.15) is 17.7 Å². The minimum Gasteiger partial charge on any atom is -0.423 e. The number of likely N-dealkylation sites (tertiary alicyclic amines) is 1. The molecule has 9 heteroatoms. The van der Waals surface area contributed by atoms with Gasteiger partial charge < -0.3 is 25.7 Å². The number of hydrogen-bond donors (Lipinski definition) is 3.